The highest BCUT2D eigenvalue weighted by Gasteiger charge is 2.10. The summed E-state index contributed by atoms with van der Waals surface area (Å²) >= 11 is 0. The number of anilines is 1. The van der Waals surface area contributed by atoms with Gasteiger partial charge in [0, 0.05) is 5.69 Å². The maximum absolute atomic E-state index is 10.5. The summed E-state index contributed by atoms with van der Waals surface area (Å²) in [7, 11) is -4.25. The molecular weight excluding hydrogens is 219 g/mol. The lowest BCUT2D eigenvalue weighted by Crippen LogP contribution is -2.17. The summed E-state index contributed by atoms with van der Waals surface area (Å²) in [5, 5.41) is 1.87. The zero-order valence-electron chi connectivity index (χ0n) is 8.17. The normalized spacial score (nSPS) is 11.1. The van der Waals surface area contributed by atoms with E-state index in [1.807, 2.05) is 12.1 Å². The van der Waals surface area contributed by atoms with Crippen LogP contribution >= 0.6 is 7.75 Å². The molecule has 1 aromatic carbocycles. The fourth-order valence-electron chi connectivity index (χ4n) is 0.939. The highest BCUT2D eigenvalue weighted by atomic mass is 31.2. The molecule has 0 saturated heterocycles. The van der Waals surface area contributed by atoms with Crippen LogP contribution in [0.4, 0.5) is 5.69 Å². The number of hydrazine groups is 1. The van der Waals surface area contributed by atoms with Gasteiger partial charge in [-0.15, -0.1) is 5.20 Å². The van der Waals surface area contributed by atoms with Gasteiger partial charge in [0.15, 0.2) is 0 Å². The summed E-state index contributed by atoms with van der Waals surface area (Å²) in [6, 6.07) is 6.70. The molecule has 0 unspecified atom stereocenters. The largest absolute Gasteiger partial charge is 0.494 e. The Morgan fingerprint density at radius 3 is 2.40 bits per heavy atom. The minimum absolute atomic E-state index is 0.543. The standard InChI is InChI=1S/C8H13N2O4P/c1-2-14-8-5-3-7(4-6-8)9-10-15(11,12)13/h3-6,9H,2H2,1H3,(H3,10,11,12,13). The molecule has 0 spiro atoms. The van der Waals surface area contributed by atoms with E-state index >= 15 is 0 Å². The van der Waals surface area contributed by atoms with Crippen LogP contribution in [0.1, 0.15) is 6.92 Å². The van der Waals surface area contributed by atoms with Crippen LogP contribution in [0.2, 0.25) is 0 Å². The number of hydrogen-bond donors (Lipinski definition) is 4. The third kappa shape index (κ3) is 4.80. The number of hydrogen-bond acceptors (Lipinski definition) is 3. The predicted molar refractivity (Wildman–Crippen MR) is 56.4 cm³/mol. The number of rotatable bonds is 5. The average Bonchev–Trinajstić information content (AvgIpc) is 2.16. The Hall–Kier alpha value is -1.07. The van der Waals surface area contributed by atoms with Crippen LogP contribution in [-0.4, -0.2) is 16.4 Å². The van der Waals surface area contributed by atoms with Crippen LogP contribution in [-0.2, 0) is 4.57 Å². The monoisotopic (exact) mass is 232 g/mol. The van der Waals surface area contributed by atoms with Gasteiger partial charge in [0.1, 0.15) is 5.75 Å². The van der Waals surface area contributed by atoms with Gasteiger partial charge in [-0.05, 0) is 31.2 Å². The van der Waals surface area contributed by atoms with Gasteiger partial charge in [-0.2, -0.15) is 0 Å². The summed E-state index contributed by atoms with van der Waals surface area (Å²) in [5.74, 6) is 0.708. The van der Waals surface area contributed by atoms with E-state index in [1.165, 1.54) is 0 Å². The van der Waals surface area contributed by atoms with Gasteiger partial charge >= 0.3 is 7.75 Å². The first-order valence-corrected chi connectivity index (χ1v) is 5.94. The zero-order chi connectivity index (χ0) is 11.3. The highest BCUT2D eigenvalue weighted by Crippen LogP contribution is 2.28. The lowest BCUT2D eigenvalue weighted by Gasteiger charge is -2.09. The van der Waals surface area contributed by atoms with Crippen LogP contribution in [0, 0.1) is 0 Å². The van der Waals surface area contributed by atoms with Gasteiger partial charge < -0.3 is 19.9 Å². The quantitative estimate of drug-likeness (QED) is 0.449. The Morgan fingerprint density at radius 2 is 1.93 bits per heavy atom. The van der Waals surface area contributed by atoms with Crippen molar-refractivity contribution in [1.29, 1.82) is 0 Å². The van der Waals surface area contributed by atoms with Crippen molar-refractivity contribution in [3.8, 4) is 5.75 Å². The van der Waals surface area contributed by atoms with Gasteiger partial charge in [0.25, 0.3) is 0 Å². The Kier molecular flexibility index (Phi) is 4.11. The second-order valence-electron chi connectivity index (χ2n) is 2.74. The van der Waals surface area contributed by atoms with E-state index < -0.39 is 7.75 Å². The van der Waals surface area contributed by atoms with E-state index in [2.05, 4.69) is 5.43 Å². The lowest BCUT2D eigenvalue weighted by molar-refractivity contribution is 0.340. The molecule has 0 saturated carbocycles. The summed E-state index contributed by atoms with van der Waals surface area (Å²) in [5.41, 5.74) is 2.93. The summed E-state index contributed by atoms with van der Waals surface area (Å²) < 4.78 is 15.7. The Balaban J connectivity index is 2.53. The SMILES string of the molecule is CCOc1ccc(NNP(=O)(O)O)cc1. The first-order chi connectivity index (χ1) is 7.01. The van der Waals surface area contributed by atoms with E-state index in [9.17, 15) is 4.57 Å². The summed E-state index contributed by atoms with van der Waals surface area (Å²) in [4.78, 5) is 17.1. The van der Waals surface area contributed by atoms with Crippen LogP contribution in [0.15, 0.2) is 24.3 Å². The maximum atomic E-state index is 10.5. The molecule has 0 fully saturated rings. The van der Waals surface area contributed by atoms with Gasteiger partial charge in [-0.1, -0.05) is 0 Å². The molecule has 0 heterocycles. The smallest absolute Gasteiger partial charge is 0.417 e. The van der Waals surface area contributed by atoms with Crippen molar-refractivity contribution in [2.45, 2.75) is 6.92 Å². The van der Waals surface area contributed by atoms with Gasteiger partial charge in [-0.25, -0.2) is 4.57 Å². The lowest BCUT2D eigenvalue weighted by atomic mass is 10.3. The molecule has 0 atom stereocenters. The Labute approximate surface area is 87.5 Å². The molecule has 0 radical (unpaired) electrons. The van der Waals surface area contributed by atoms with E-state index in [0.717, 1.165) is 0 Å². The Bertz CT molecular complexity index is 348. The van der Waals surface area contributed by atoms with Crippen LogP contribution in [0.3, 0.4) is 0 Å². The molecule has 4 N–H and O–H groups in total. The molecule has 0 bridgehead atoms. The van der Waals surface area contributed by atoms with Crippen molar-refractivity contribution < 1.29 is 19.1 Å². The molecule has 1 aromatic rings. The second kappa shape index (κ2) is 5.14. The molecule has 6 nitrogen and oxygen atoms in total. The first kappa shape index (κ1) is 12.0. The fourth-order valence-corrected chi connectivity index (χ4v) is 1.21. The molecule has 0 aliphatic carbocycles. The highest BCUT2D eigenvalue weighted by molar-refractivity contribution is 7.49. The van der Waals surface area contributed by atoms with Crippen molar-refractivity contribution >= 4 is 13.4 Å². The Morgan fingerprint density at radius 1 is 1.33 bits per heavy atom. The topological polar surface area (TPSA) is 90.8 Å². The number of benzene rings is 1. The van der Waals surface area contributed by atoms with E-state index in [0.29, 0.717) is 18.0 Å². The van der Waals surface area contributed by atoms with E-state index in [1.54, 1.807) is 24.3 Å². The molecule has 1 rings (SSSR count). The van der Waals surface area contributed by atoms with Gasteiger partial charge in [0.2, 0.25) is 0 Å². The summed E-state index contributed by atoms with van der Waals surface area (Å²) in [6.07, 6.45) is 0. The predicted octanol–water partition coefficient (Wildman–Crippen LogP) is 1.09. The molecule has 0 aliphatic rings. The van der Waals surface area contributed by atoms with Crippen LogP contribution in [0.5, 0.6) is 5.75 Å². The molecule has 0 amide bonds. The van der Waals surface area contributed by atoms with Gasteiger partial charge in [-0.3, -0.25) is 0 Å². The minimum Gasteiger partial charge on any atom is -0.494 e. The van der Waals surface area contributed by atoms with Crippen molar-refractivity contribution in [3.05, 3.63) is 24.3 Å². The van der Waals surface area contributed by atoms with Crippen molar-refractivity contribution in [2.75, 3.05) is 12.0 Å². The van der Waals surface area contributed by atoms with Crippen LogP contribution < -0.4 is 15.4 Å². The van der Waals surface area contributed by atoms with Crippen LogP contribution in [0.25, 0.3) is 0 Å². The maximum Gasteiger partial charge on any atom is 0.417 e. The van der Waals surface area contributed by atoms with Crippen molar-refractivity contribution in [3.63, 3.8) is 0 Å². The van der Waals surface area contributed by atoms with Gasteiger partial charge in [0.05, 0.1) is 6.61 Å². The molecule has 0 aromatic heterocycles. The van der Waals surface area contributed by atoms with E-state index in [-0.39, 0.29) is 0 Å². The average molecular weight is 232 g/mol. The van der Waals surface area contributed by atoms with E-state index in [4.69, 9.17) is 14.5 Å². The number of ether oxygens (including phenoxy) is 1. The van der Waals surface area contributed by atoms with Crippen molar-refractivity contribution in [1.82, 2.24) is 5.20 Å². The first-order valence-electron chi connectivity index (χ1n) is 4.33. The third-order valence-corrected chi connectivity index (χ3v) is 1.91. The molecular formula is C8H13N2O4P. The second-order valence-corrected chi connectivity index (χ2v) is 4.05. The van der Waals surface area contributed by atoms with Crippen molar-refractivity contribution in [2.24, 2.45) is 0 Å². The third-order valence-electron chi connectivity index (χ3n) is 1.51. The minimum atomic E-state index is -4.25. The molecule has 84 valence electrons. The zero-order valence-corrected chi connectivity index (χ0v) is 9.07. The molecule has 0 aliphatic heterocycles. The molecule has 7 heteroatoms. The molecule has 15 heavy (non-hydrogen) atoms. The number of nitrogens with one attached hydrogen (secondary N) is 2. The summed E-state index contributed by atoms with van der Waals surface area (Å²) in [6.45, 7) is 2.45. The fraction of sp³-hybridized carbons (Fsp3) is 0.250.